The molecule has 0 aliphatic carbocycles. The first-order valence-electron chi connectivity index (χ1n) is 6.84. The number of amides is 2. The van der Waals surface area contributed by atoms with E-state index in [1.54, 1.807) is 0 Å². The summed E-state index contributed by atoms with van der Waals surface area (Å²) in [7, 11) is 0. The van der Waals surface area contributed by atoms with Gasteiger partial charge in [0.05, 0.1) is 12.2 Å². The number of nitrogens with zero attached hydrogens (tertiary/aromatic N) is 1. The number of hydrogen-bond acceptors (Lipinski definition) is 5. The first-order chi connectivity index (χ1) is 11.4. The Kier molecular flexibility index (Phi) is 4.63. The van der Waals surface area contributed by atoms with Crippen LogP contribution in [0.1, 0.15) is 17.3 Å². The molecule has 1 unspecified atom stereocenters. The van der Waals surface area contributed by atoms with Crippen molar-refractivity contribution in [3.8, 4) is 0 Å². The summed E-state index contributed by atoms with van der Waals surface area (Å²) in [4.78, 5) is 28.9. The molecule has 2 aromatic rings. The second kappa shape index (κ2) is 6.70. The molecule has 0 saturated carbocycles. The van der Waals surface area contributed by atoms with Gasteiger partial charge in [-0.25, -0.2) is 9.37 Å². The van der Waals surface area contributed by atoms with Crippen molar-refractivity contribution < 1.29 is 19.1 Å². The van der Waals surface area contributed by atoms with Gasteiger partial charge >= 0.3 is 0 Å². The van der Waals surface area contributed by atoms with Gasteiger partial charge in [0.25, 0.3) is 11.8 Å². The van der Waals surface area contributed by atoms with Crippen molar-refractivity contribution in [1.82, 2.24) is 10.3 Å². The third-order valence-electron chi connectivity index (χ3n) is 3.35. The first-order valence-corrected chi connectivity index (χ1v) is 8.51. The highest BCUT2D eigenvalue weighted by atomic mass is 79.9. The average molecular weight is 412 g/mol. The number of thiophene rings is 1. The molecule has 0 radical (unpaired) electrons. The molecular weight excluding hydrogens is 401 g/mol. The SMILES string of the molecule is O=C(Nc1ccc(F)cn1)C1=C(O)CC(c2cc(Br)cs2)NC1=O. The molecule has 1 aliphatic rings. The Morgan fingerprint density at radius 2 is 2.29 bits per heavy atom. The van der Waals surface area contributed by atoms with Crippen molar-refractivity contribution in [1.29, 1.82) is 0 Å². The third-order valence-corrected chi connectivity index (χ3v) is 5.15. The summed E-state index contributed by atoms with van der Waals surface area (Å²) in [5.74, 6) is -2.23. The quantitative estimate of drug-likeness (QED) is 0.676. The molecule has 0 aromatic carbocycles. The second-order valence-electron chi connectivity index (χ2n) is 5.03. The fourth-order valence-electron chi connectivity index (χ4n) is 2.25. The maximum Gasteiger partial charge on any atom is 0.265 e. The zero-order valence-corrected chi connectivity index (χ0v) is 14.4. The van der Waals surface area contributed by atoms with E-state index in [1.807, 2.05) is 11.4 Å². The average Bonchev–Trinajstić information content (AvgIpc) is 2.95. The third kappa shape index (κ3) is 3.46. The van der Waals surface area contributed by atoms with Crippen LogP contribution in [0.15, 0.2) is 45.6 Å². The van der Waals surface area contributed by atoms with Gasteiger partial charge in [0, 0.05) is 21.2 Å². The highest BCUT2D eigenvalue weighted by molar-refractivity contribution is 9.10. The minimum absolute atomic E-state index is 0.0822. The van der Waals surface area contributed by atoms with Crippen molar-refractivity contribution >= 4 is 44.9 Å². The number of carbonyl (C=O) groups is 2. The van der Waals surface area contributed by atoms with Gasteiger partial charge in [0.2, 0.25) is 0 Å². The van der Waals surface area contributed by atoms with E-state index < -0.39 is 23.7 Å². The number of carbonyl (C=O) groups excluding carboxylic acids is 2. The molecule has 0 bridgehead atoms. The molecule has 124 valence electrons. The van der Waals surface area contributed by atoms with Gasteiger partial charge in [0.1, 0.15) is 23.0 Å². The monoisotopic (exact) mass is 411 g/mol. The minimum atomic E-state index is -0.796. The minimum Gasteiger partial charge on any atom is -0.511 e. The Morgan fingerprint density at radius 3 is 2.88 bits per heavy atom. The summed E-state index contributed by atoms with van der Waals surface area (Å²) in [5.41, 5.74) is -0.368. The van der Waals surface area contributed by atoms with Crippen LogP contribution in [0, 0.1) is 5.82 Å². The molecule has 24 heavy (non-hydrogen) atoms. The van der Waals surface area contributed by atoms with Crippen LogP contribution in [-0.2, 0) is 9.59 Å². The molecule has 1 aliphatic heterocycles. The Labute approximate surface area is 148 Å². The van der Waals surface area contributed by atoms with Gasteiger partial charge in [-0.1, -0.05) is 0 Å². The molecule has 3 heterocycles. The fraction of sp³-hybridized carbons (Fsp3) is 0.133. The predicted octanol–water partition coefficient (Wildman–Crippen LogP) is 3.06. The lowest BCUT2D eigenvalue weighted by Gasteiger charge is -2.24. The number of pyridine rings is 1. The van der Waals surface area contributed by atoms with E-state index in [1.165, 1.54) is 17.4 Å². The van der Waals surface area contributed by atoms with Gasteiger partial charge in [-0.05, 0) is 34.1 Å². The van der Waals surface area contributed by atoms with Crippen molar-refractivity contribution in [2.75, 3.05) is 5.32 Å². The molecule has 0 spiro atoms. The lowest BCUT2D eigenvalue weighted by molar-refractivity contribution is -0.123. The van der Waals surface area contributed by atoms with Crippen LogP contribution in [0.5, 0.6) is 0 Å². The second-order valence-corrected chi connectivity index (χ2v) is 6.89. The Hall–Kier alpha value is -2.26. The van der Waals surface area contributed by atoms with Gasteiger partial charge in [-0.2, -0.15) is 0 Å². The van der Waals surface area contributed by atoms with Crippen LogP contribution in [0.25, 0.3) is 0 Å². The maximum absolute atomic E-state index is 12.8. The highest BCUT2D eigenvalue weighted by Gasteiger charge is 2.32. The van der Waals surface area contributed by atoms with Crippen LogP contribution in [0.2, 0.25) is 0 Å². The normalized spacial score (nSPS) is 17.6. The van der Waals surface area contributed by atoms with Crippen LogP contribution in [-0.4, -0.2) is 21.9 Å². The molecule has 0 fully saturated rings. The molecule has 3 N–H and O–H groups in total. The molecule has 3 rings (SSSR count). The maximum atomic E-state index is 12.8. The summed E-state index contributed by atoms with van der Waals surface area (Å²) in [6.45, 7) is 0. The molecular formula is C15H11BrFN3O3S. The number of nitrogens with one attached hydrogen (secondary N) is 2. The number of aliphatic hydroxyl groups excluding tert-OH is 1. The topological polar surface area (TPSA) is 91.3 Å². The van der Waals surface area contributed by atoms with Crippen molar-refractivity contribution in [3.63, 3.8) is 0 Å². The van der Waals surface area contributed by atoms with E-state index in [0.29, 0.717) is 0 Å². The van der Waals surface area contributed by atoms with Crippen LogP contribution in [0.3, 0.4) is 0 Å². The zero-order valence-electron chi connectivity index (χ0n) is 12.0. The summed E-state index contributed by atoms with van der Waals surface area (Å²) < 4.78 is 13.7. The number of aromatic nitrogens is 1. The predicted molar refractivity (Wildman–Crippen MR) is 90.0 cm³/mol. The highest BCUT2D eigenvalue weighted by Crippen LogP contribution is 2.32. The molecule has 9 heteroatoms. The van der Waals surface area contributed by atoms with Gasteiger partial charge < -0.3 is 15.7 Å². The number of aliphatic hydroxyl groups is 1. The van der Waals surface area contributed by atoms with Crippen LogP contribution >= 0.6 is 27.3 Å². The van der Waals surface area contributed by atoms with Crippen LogP contribution in [0.4, 0.5) is 10.2 Å². The van der Waals surface area contributed by atoms with Crippen molar-refractivity contribution in [2.45, 2.75) is 12.5 Å². The standard InChI is InChI=1S/C15H11BrFN3O3S/c16-7-3-11(24-6-7)9-4-10(21)13(14(22)19-9)15(23)20-12-2-1-8(17)5-18-12/h1-3,5-6,9,21H,4H2,(H,19,22)(H,18,20,23). The number of halogens is 2. The van der Waals surface area contributed by atoms with E-state index in [-0.39, 0.29) is 23.6 Å². The van der Waals surface area contributed by atoms with Gasteiger partial charge in [0.15, 0.2) is 0 Å². The first kappa shape index (κ1) is 16.6. The number of anilines is 1. The van der Waals surface area contributed by atoms with Gasteiger partial charge in [-0.15, -0.1) is 11.3 Å². The lowest BCUT2D eigenvalue weighted by atomic mass is 10.0. The summed E-state index contributed by atoms with van der Waals surface area (Å²) >= 11 is 4.76. The Bertz CT molecular complexity index is 835. The molecule has 0 saturated heterocycles. The van der Waals surface area contributed by atoms with E-state index in [0.717, 1.165) is 21.6 Å². The van der Waals surface area contributed by atoms with Crippen molar-refractivity contribution in [2.24, 2.45) is 0 Å². The smallest absolute Gasteiger partial charge is 0.265 e. The Balaban J connectivity index is 1.78. The van der Waals surface area contributed by atoms with E-state index >= 15 is 0 Å². The van der Waals surface area contributed by atoms with E-state index in [9.17, 15) is 19.1 Å². The molecule has 2 amide bonds. The zero-order chi connectivity index (χ0) is 17.3. The molecule has 6 nitrogen and oxygen atoms in total. The molecule has 2 aromatic heterocycles. The largest absolute Gasteiger partial charge is 0.511 e. The van der Waals surface area contributed by atoms with Gasteiger partial charge in [-0.3, -0.25) is 9.59 Å². The van der Waals surface area contributed by atoms with E-state index in [2.05, 4.69) is 31.5 Å². The molecule has 1 atom stereocenters. The summed E-state index contributed by atoms with van der Waals surface area (Å²) in [6, 6.07) is 3.84. The van der Waals surface area contributed by atoms with Crippen molar-refractivity contribution in [3.05, 3.63) is 56.3 Å². The number of rotatable bonds is 3. The van der Waals surface area contributed by atoms with E-state index in [4.69, 9.17) is 0 Å². The fourth-order valence-corrected chi connectivity index (χ4v) is 3.75. The lowest BCUT2D eigenvalue weighted by Crippen LogP contribution is -2.39. The summed E-state index contributed by atoms with van der Waals surface area (Å²) in [5, 5.41) is 17.1. The number of hydrogen-bond donors (Lipinski definition) is 3. The Morgan fingerprint density at radius 1 is 1.50 bits per heavy atom. The summed E-state index contributed by atoms with van der Waals surface area (Å²) in [6.07, 6.45) is 1.05. The van der Waals surface area contributed by atoms with Crippen LogP contribution < -0.4 is 10.6 Å².